The van der Waals surface area contributed by atoms with Gasteiger partial charge >= 0.3 is 5.97 Å². The topological polar surface area (TPSA) is 116 Å². The van der Waals surface area contributed by atoms with Crippen LogP contribution in [0.1, 0.15) is 40.6 Å². The Morgan fingerprint density at radius 3 is 2.04 bits per heavy atom. The fourth-order valence-corrected chi connectivity index (χ4v) is 6.42. The van der Waals surface area contributed by atoms with Crippen molar-refractivity contribution in [3.8, 4) is 11.4 Å². The number of carbonyl (C=O) groups excluding carboxylic acids is 1. The average Bonchev–Trinajstić information content (AvgIpc) is 3.67. The van der Waals surface area contributed by atoms with Crippen molar-refractivity contribution in [1.82, 2.24) is 39.5 Å². The number of halogens is 3. The summed E-state index contributed by atoms with van der Waals surface area (Å²) >= 11 is 12.0. The SMILES string of the molecule is O=C(OCc1cn(-c2ccc(Cl)cc2)nn1)c1cn(C2CC2)c2cc(N3CCN(Cc4cn(-c5ccc(Cl)cc5)nn4)CC3)c(F)cc2c1=O. The van der Waals surface area contributed by atoms with Gasteiger partial charge in [0, 0.05) is 60.4 Å². The molecule has 0 bridgehead atoms. The standard InChI is InChI=1S/C35H30Cl2FN9O3/c36-22-1-5-27(6-2-22)46-18-24(39-41-46)17-43-11-13-44(14-12-43)33-16-32-29(15-31(33)38)34(48)30(20-45(32)26-9-10-26)35(49)50-21-25-19-47(42-40-25)28-7-3-23(37)4-8-28/h1-8,15-16,18-20,26H,9-14,17,21H2. The molecule has 3 aromatic heterocycles. The van der Waals surface area contributed by atoms with Crippen molar-refractivity contribution in [1.29, 1.82) is 0 Å². The molecule has 0 spiro atoms. The second-order valence-electron chi connectivity index (χ2n) is 12.4. The number of aromatic nitrogens is 7. The normalized spacial score (nSPS) is 15.1. The lowest BCUT2D eigenvalue weighted by Crippen LogP contribution is -2.46. The van der Waals surface area contributed by atoms with Gasteiger partial charge < -0.3 is 14.2 Å². The van der Waals surface area contributed by atoms with E-state index in [0.717, 1.165) is 29.9 Å². The predicted molar refractivity (Wildman–Crippen MR) is 186 cm³/mol. The van der Waals surface area contributed by atoms with Crippen molar-refractivity contribution in [3.63, 3.8) is 0 Å². The molecule has 0 N–H and O–H groups in total. The number of rotatable bonds is 9. The van der Waals surface area contributed by atoms with Crippen LogP contribution in [0.4, 0.5) is 10.1 Å². The molecule has 6 aromatic rings. The Labute approximate surface area is 295 Å². The molecule has 254 valence electrons. The highest BCUT2D eigenvalue weighted by Crippen LogP contribution is 2.38. The minimum atomic E-state index is -0.804. The Morgan fingerprint density at radius 2 is 1.42 bits per heavy atom. The summed E-state index contributed by atoms with van der Waals surface area (Å²) in [4.78, 5) is 31.1. The van der Waals surface area contributed by atoms with Gasteiger partial charge in [0.1, 0.15) is 23.7 Å². The summed E-state index contributed by atoms with van der Waals surface area (Å²) in [6.07, 6.45) is 6.87. The van der Waals surface area contributed by atoms with Crippen LogP contribution >= 0.6 is 23.2 Å². The molecule has 1 aliphatic carbocycles. The van der Waals surface area contributed by atoms with Crippen LogP contribution in [0.5, 0.6) is 0 Å². The molecule has 1 aliphatic heterocycles. The lowest BCUT2D eigenvalue weighted by atomic mass is 10.1. The van der Waals surface area contributed by atoms with Gasteiger partial charge in [0.25, 0.3) is 0 Å². The summed E-state index contributed by atoms with van der Waals surface area (Å²) in [5.74, 6) is -1.32. The highest BCUT2D eigenvalue weighted by atomic mass is 35.5. The minimum Gasteiger partial charge on any atom is -0.455 e. The fraction of sp³-hybridized carbons (Fsp3) is 0.257. The third-order valence-corrected chi connectivity index (χ3v) is 9.48. The van der Waals surface area contributed by atoms with Crippen LogP contribution in [0.15, 0.2) is 84.0 Å². The third kappa shape index (κ3) is 6.59. The highest BCUT2D eigenvalue weighted by molar-refractivity contribution is 6.30. The summed E-state index contributed by atoms with van der Waals surface area (Å²) in [5.41, 5.74) is 3.14. The van der Waals surface area contributed by atoms with Gasteiger partial charge in [0.15, 0.2) is 0 Å². The molecule has 0 radical (unpaired) electrons. The van der Waals surface area contributed by atoms with Gasteiger partial charge in [-0.2, -0.15) is 0 Å². The number of benzene rings is 3. The van der Waals surface area contributed by atoms with Crippen molar-refractivity contribution < 1.29 is 13.9 Å². The zero-order valence-corrected chi connectivity index (χ0v) is 28.1. The van der Waals surface area contributed by atoms with Gasteiger partial charge in [-0.1, -0.05) is 33.6 Å². The maximum absolute atomic E-state index is 15.8. The number of ether oxygens (including phenoxy) is 1. The van der Waals surface area contributed by atoms with Crippen LogP contribution in [0, 0.1) is 5.82 Å². The molecule has 1 saturated carbocycles. The molecule has 0 atom stereocenters. The minimum absolute atomic E-state index is 0.111. The van der Waals surface area contributed by atoms with E-state index < -0.39 is 17.2 Å². The molecule has 0 amide bonds. The molecule has 2 fully saturated rings. The molecular weight excluding hydrogens is 684 g/mol. The number of piperazine rings is 1. The molecule has 1 saturated heterocycles. The molecule has 3 aromatic carbocycles. The van der Waals surface area contributed by atoms with E-state index >= 15 is 4.39 Å². The zero-order chi connectivity index (χ0) is 34.4. The van der Waals surface area contributed by atoms with Crippen LogP contribution in [0.25, 0.3) is 22.3 Å². The second kappa shape index (κ2) is 13.3. The Bertz CT molecular complexity index is 2260. The van der Waals surface area contributed by atoms with E-state index in [1.54, 1.807) is 47.4 Å². The first-order valence-corrected chi connectivity index (χ1v) is 16.9. The number of fused-ring (bicyclic) bond motifs is 1. The Hall–Kier alpha value is -5.11. The summed E-state index contributed by atoms with van der Waals surface area (Å²) < 4.78 is 26.4. The van der Waals surface area contributed by atoms with Crippen molar-refractivity contribution in [3.05, 3.63) is 122 Å². The molecule has 2 aliphatic rings. The quantitative estimate of drug-likeness (QED) is 0.176. The van der Waals surface area contributed by atoms with Crippen LogP contribution in [0.3, 0.4) is 0 Å². The van der Waals surface area contributed by atoms with Crippen molar-refractivity contribution in [2.75, 3.05) is 31.1 Å². The molecule has 4 heterocycles. The number of nitrogens with zero attached hydrogens (tertiary/aromatic N) is 9. The van der Waals surface area contributed by atoms with E-state index in [1.165, 1.54) is 10.7 Å². The maximum atomic E-state index is 15.8. The molecule has 12 nitrogen and oxygen atoms in total. The molecule has 50 heavy (non-hydrogen) atoms. The Kier molecular flexibility index (Phi) is 8.55. The summed E-state index contributed by atoms with van der Waals surface area (Å²) in [6, 6.07) is 17.5. The lowest BCUT2D eigenvalue weighted by Gasteiger charge is -2.36. The smallest absolute Gasteiger partial charge is 0.344 e. The maximum Gasteiger partial charge on any atom is 0.344 e. The lowest BCUT2D eigenvalue weighted by molar-refractivity contribution is 0.0465. The monoisotopic (exact) mass is 713 g/mol. The van der Waals surface area contributed by atoms with E-state index in [9.17, 15) is 9.59 Å². The van der Waals surface area contributed by atoms with E-state index in [0.29, 0.717) is 59.7 Å². The Balaban J connectivity index is 0.960. The number of hydrogen-bond donors (Lipinski definition) is 0. The zero-order valence-electron chi connectivity index (χ0n) is 26.6. The van der Waals surface area contributed by atoms with Crippen LogP contribution in [-0.2, 0) is 17.9 Å². The Morgan fingerprint density at radius 1 is 0.820 bits per heavy atom. The average molecular weight is 715 g/mol. The highest BCUT2D eigenvalue weighted by Gasteiger charge is 2.29. The molecule has 8 rings (SSSR count). The van der Waals surface area contributed by atoms with Crippen molar-refractivity contribution in [2.45, 2.75) is 32.0 Å². The first kappa shape index (κ1) is 32.1. The van der Waals surface area contributed by atoms with Gasteiger partial charge in [-0.15, -0.1) is 10.2 Å². The first-order valence-electron chi connectivity index (χ1n) is 16.2. The molecule has 15 heteroatoms. The van der Waals surface area contributed by atoms with Gasteiger partial charge in [-0.25, -0.2) is 18.5 Å². The largest absolute Gasteiger partial charge is 0.455 e. The number of anilines is 1. The number of hydrogen-bond acceptors (Lipinski definition) is 9. The van der Waals surface area contributed by atoms with Crippen molar-refractivity contribution >= 4 is 45.8 Å². The fourth-order valence-electron chi connectivity index (χ4n) is 6.17. The summed E-state index contributed by atoms with van der Waals surface area (Å²) in [7, 11) is 0. The second-order valence-corrected chi connectivity index (χ2v) is 13.3. The van der Waals surface area contributed by atoms with Crippen LogP contribution < -0.4 is 10.3 Å². The summed E-state index contributed by atoms with van der Waals surface area (Å²) in [6.45, 7) is 3.00. The third-order valence-electron chi connectivity index (χ3n) is 8.97. The first-order chi connectivity index (χ1) is 24.3. The van der Waals surface area contributed by atoms with Crippen LogP contribution in [0.2, 0.25) is 10.0 Å². The molecular formula is C35H30Cl2FN9O3. The van der Waals surface area contributed by atoms with Gasteiger partial charge in [-0.3, -0.25) is 9.69 Å². The predicted octanol–water partition coefficient (Wildman–Crippen LogP) is 5.62. The van der Waals surface area contributed by atoms with Crippen LogP contribution in [-0.4, -0.2) is 71.6 Å². The van der Waals surface area contributed by atoms with Gasteiger partial charge in [-0.05, 0) is 73.5 Å². The number of pyridine rings is 1. The van der Waals surface area contributed by atoms with E-state index in [1.807, 2.05) is 39.9 Å². The van der Waals surface area contributed by atoms with E-state index in [4.69, 9.17) is 27.9 Å². The van der Waals surface area contributed by atoms with Gasteiger partial charge in [0.2, 0.25) is 5.43 Å². The van der Waals surface area contributed by atoms with E-state index in [-0.39, 0.29) is 23.6 Å². The van der Waals surface area contributed by atoms with Gasteiger partial charge in [0.05, 0.1) is 40.7 Å². The number of esters is 1. The molecule has 0 unspecified atom stereocenters. The number of carbonyl (C=O) groups is 1. The van der Waals surface area contributed by atoms with Crippen molar-refractivity contribution in [2.24, 2.45) is 0 Å². The summed E-state index contributed by atoms with van der Waals surface area (Å²) in [5, 5.41) is 18.1. The van der Waals surface area contributed by atoms with E-state index in [2.05, 4.69) is 25.5 Å².